The lowest BCUT2D eigenvalue weighted by Crippen LogP contribution is -2.42. The van der Waals surface area contributed by atoms with Crippen molar-refractivity contribution in [2.45, 2.75) is 52.2 Å². The number of hydrogen-bond donors (Lipinski definition) is 0. The average molecular weight is 434 g/mol. The Bertz CT molecular complexity index is 977. The van der Waals surface area contributed by atoms with Crippen LogP contribution in [-0.4, -0.2) is 46.0 Å². The number of nitrogens with zero attached hydrogens (tertiary/aromatic N) is 3. The largest absolute Gasteiger partial charge is 0.469 e. The number of esters is 1. The predicted molar refractivity (Wildman–Crippen MR) is 114 cm³/mol. The Kier molecular flexibility index (Phi) is 6.13. The first-order valence-electron chi connectivity index (χ1n) is 9.92. The highest BCUT2D eigenvalue weighted by molar-refractivity contribution is 6.31. The van der Waals surface area contributed by atoms with Gasteiger partial charge in [-0.25, -0.2) is 4.79 Å². The first kappa shape index (κ1) is 22.2. The molecule has 1 aromatic heterocycles. The van der Waals surface area contributed by atoms with Gasteiger partial charge in [-0.05, 0) is 57.9 Å². The molecule has 2 heterocycles. The molecule has 1 aliphatic rings. The van der Waals surface area contributed by atoms with Crippen molar-refractivity contribution in [1.82, 2.24) is 14.7 Å². The zero-order chi connectivity index (χ0) is 22.2. The minimum absolute atomic E-state index is 0.146. The van der Waals surface area contributed by atoms with Crippen molar-refractivity contribution in [1.29, 1.82) is 0 Å². The van der Waals surface area contributed by atoms with Gasteiger partial charge in [0, 0.05) is 29.7 Å². The molecule has 30 heavy (non-hydrogen) atoms. The number of benzene rings is 1. The van der Waals surface area contributed by atoms with Gasteiger partial charge in [0.05, 0.1) is 31.0 Å². The number of methoxy groups -OCH3 is 1. The van der Waals surface area contributed by atoms with Crippen LogP contribution in [0.1, 0.15) is 50.6 Å². The van der Waals surface area contributed by atoms with Crippen LogP contribution in [0.2, 0.25) is 5.02 Å². The maximum Gasteiger partial charge on any atom is 0.410 e. The van der Waals surface area contributed by atoms with Crippen LogP contribution in [0.25, 0.3) is 11.3 Å². The Balaban J connectivity index is 1.96. The molecule has 1 aliphatic heterocycles. The average Bonchev–Trinajstić information content (AvgIpc) is 2.96. The molecule has 0 saturated heterocycles. The third kappa shape index (κ3) is 4.61. The number of carbonyl (C=O) groups is 2. The van der Waals surface area contributed by atoms with Gasteiger partial charge in [-0.1, -0.05) is 11.6 Å². The quantitative estimate of drug-likeness (QED) is 0.674. The number of aryl methyl sites for hydroxylation is 1. The minimum atomic E-state index is -0.552. The van der Waals surface area contributed by atoms with Crippen molar-refractivity contribution in [2.75, 3.05) is 13.7 Å². The van der Waals surface area contributed by atoms with Crippen LogP contribution in [-0.2, 0) is 34.2 Å². The number of hydrogen-bond acceptors (Lipinski definition) is 5. The number of aromatic nitrogens is 2. The SMILES string of the molecule is COC(=O)Cc1cc(Cl)cc(-c2c3c(nn2C)C(C)N(C(=O)OC(C)(C)C)CC3)c1. The van der Waals surface area contributed by atoms with E-state index in [9.17, 15) is 9.59 Å². The molecule has 0 bridgehead atoms. The molecule has 0 N–H and O–H groups in total. The Hall–Kier alpha value is -2.54. The van der Waals surface area contributed by atoms with Gasteiger partial charge in [0.1, 0.15) is 5.60 Å². The summed E-state index contributed by atoms with van der Waals surface area (Å²) in [5.74, 6) is -0.322. The predicted octanol–water partition coefficient (Wildman–Crippen LogP) is 4.31. The zero-order valence-electron chi connectivity index (χ0n) is 18.3. The molecule has 0 saturated carbocycles. The summed E-state index contributed by atoms with van der Waals surface area (Å²) >= 11 is 6.33. The topological polar surface area (TPSA) is 73.7 Å². The van der Waals surface area contributed by atoms with Gasteiger partial charge in [0.15, 0.2) is 0 Å². The van der Waals surface area contributed by atoms with E-state index in [4.69, 9.17) is 26.2 Å². The van der Waals surface area contributed by atoms with Crippen molar-refractivity contribution in [3.8, 4) is 11.3 Å². The van der Waals surface area contributed by atoms with Crippen LogP contribution in [0.4, 0.5) is 4.79 Å². The van der Waals surface area contributed by atoms with E-state index < -0.39 is 5.60 Å². The fourth-order valence-corrected chi connectivity index (χ4v) is 4.06. The van der Waals surface area contributed by atoms with Gasteiger partial charge in [-0.15, -0.1) is 0 Å². The van der Waals surface area contributed by atoms with Crippen LogP contribution in [0.3, 0.4) is 0 Å². The summed E-state index contributed by atoms with van der Waals surface area (Å²) in [6, 6.07) is 5.35. The highest BCUT2D eigenvalue weighted by Crippen LogP contribution is 2.37. The minimum Gasteiger partial charge on any atom is -0.469 e. The molecule has 1 amide bonds. The monoisotopic (exact) mass is 433 g/mol. The third-order valence-corrected chi connectivity index (χ3v) is 5.30. The summed E-state index contributed by atoms with van der Waals surface area (Å²) in [6.07, 6.45) is 0.462. The van der Waals surface area contributed by atoms with Crippen molar-refractivity contribution in [3.05, 3.63) is 40.0 Å². The molecule has 0 spiro atoms. The van der Waals surface area contributed by atoms with Gasteiger partial charge in [-0.2, -0.15) is 5.10 Å². The van der Waals surface area contributed by atoms with Crippen LogP contribution in [0.15, 0.2) is 18.2 Å². The summed E-state index contributed by atoms with van der Waals surface area (Å²) in [5, 5.41) is 5.25. The lowest BCUT2D eigenvalue weighted by molar-refractivity contribution is -0.139. The van der Waals surface area contributed by atoms with E-state index in [0.29, 0.717) is 18.0 Å². The molecule has 1 atom stereocenters. The maximum atomic E-state index is 12.6. The van der Waals surface area contributed by atoms with E-state index in [-0.39, 0.29) is 24.5 Å². The molecule has 7 nitrogen and oxygen atoms in total. The van der Waals surface area contributed by atoms with Gasteiger partial charge < -0.3 is 9.47 Å². The molecule has 162 valence electrons. The lowest BCUT2D eigenvalue weighted by Gasteiger charge is -2.34. The number of carbonyl (C=O) groups excluding carboxylic acids is 2. The number of ether oxygens (including phenoxy) is 2. The van der Waals surface area contributed by atoms with Gasteiger partial charge in [0.25, 0.3) is 0 Å². The van der Waals surface area contributed by atoms with Gasteiger partial charge in [-0.3, -0.25) is 14.4 Å². The van der Waals surface area contributed by atoms with Crippen molar-refractivity contribution >= 4 is 23.7 Å². The Morgan fingerprint density at radius 3 is 2.60 bits per heavy atom. The normalized spacial score (nSPS) is 16.2. The van der Waals surface area contributed by atoms with Gasteiger partial charge >= 0.3 is 12.1 Å². The van der Waals surface area contributed by atoms with Crippen LogP contribution >= 0.6 is 11.6 Å². The molecule has 2 aromatic rings. The Morgan fingerprint density at radius 1 is 1.27 bits per heavy atom. The van der Waals surface area contributed by atoms with E-state index in [1.807, 2.05) is 51.6 Å². The second kappa shape index (κ2) is 8.30. The molecule has 0 radical (unpaired) electrons. The van der Waals surface area contributed by atoms with E-state index in [0.717, 1.165) is 28.1 Å². The lowest BCUT2D eigenvalue weighted by atomic mass is 9.95. The fraction of sp³-hybridized carbons (Fsp3) is 0.500. The van der Waals surface area contributed by atoms with Crippen molar-refractivity contribution < 1.29 is 19.1 Å². The first-order valence-corrected chi connectivity index (χ1v) is 10.3. The molecule has 1 aromatic carbocycles. The molecule has 0 aliphatic carbocycles. The molecule has 8 heteroatoms. The maximum absolute atomic E-state index is 12.6. The van der Waals surface area contributed by atoms with Crippen LogP contribution < -0.4 is 0 Å². The highest BCUT2D eigenvalue weighted by Gasteiger charge is 2.35. The smallest absolute Gasteiger partial charge is 0.410 e. The molecular weight excluding hydrogens is 406 g/mol. The van der Waals surface area contributed by atoms with E-state index in [1.54, 1.807) is 11.0 Å². The highest BCUT2D eigenvalue weighted by atomic mass is 35.5. The summed E-state index contributed by atoms with van der Waals surface area (Å²) < 4.78 is 12.1. The first-order chi connectivity index (χ1) is 14.0. The Labute approximate surface area is 181 Å². The fourth-order valence-electron chi connectivity index (χ4n) is 3.80. The summed E-state index contributed by atoms with van der Waals surface area (Å²) in [4.78, 5) is 26.0. The van der Waals surface area contributed by atoms with E-state index in [2.05, 4.69) is 0 Å². The standard InChI is InChI=1S/C22H28ClN3O4/c1-13-19-17(7-8-26(13)21(28)30-22(2,3)4)20(25(5)24-19)15-9-14(10-16(23)12-15)11-18(27)29-6/h9-10,12-13H,7-8,11H2,1-6H3. The number of fused-ring (bicyclic) bond motifs is 1. The number of halogens is 1. The third-order valence-electron chi connectivity index (χ3n) is 5.08. The molecule has 3 rings (SSSR count). The second-order valence-electron chi connectivity index (χ2n) is 8.54. The summed E-state index contributed by atoms with van der Waals surface area (Å²) in [7, 11) is 3.24. The molecule has 0 fully saturated rings. The van der Waals surface area contributed by atoms with E-state index in [1.165, 1.54) is 7.11 Å². The molecular formula is C22H28ClN3O4. The summed E-state index contributed by atoms with van der Waals surface area (Å²) in [5.41, 5.74) is 3.97. The zero-order valence-corrected chi connectivity index (χ0v) is 19.0. The van der Waals surface area contributed by atoms with Crippen molar-refractivity contribution in [2.24, 2.45) is 7.05 Å². The van der Waals surface area contributed by atoms with Crippen molar-refractivity contribution in [3.63, 3.8) is 0 Å². The number of amides is 1. The van der Waals surface area contributed by atoms with Crippen LogP contribution in [0.5, 0.6) is 0 Å². The molecule has 1 unspecified atom stereocenters. The second-order valence-corrected chi connectivity index (χ2v) is 8.97. The van der Waals surface area contributed by atoms with Crippen LogP contribution in [0, 0.1) is 0 Å². The van der Waals surface area contributed by atoms with Gasteiger partial charge in [0.2, 0.25) is 0 Å². The summed E-state index contributed by atoms with van der Waals surface area (Å²) in [6.45, 7) is 8.06. The number of rotatable bonds is 3. The Morgan fingerprint density at radius 2 is 1.97 bits per heavy atom. The van der Waals surface area contributed by atoms with E-state index >= 15 is 0 Å².